The zero-order valence-electron chi connectivity index (χ0n) is 14.1. The minimum atomic E-state index is -0.791. The van der Waals surface area contributed by atoms with Gasteiger partial charge in [0.25, 0.3) is 5.91 Å². The van der Waals surface area contributed by atoms with E-state index in [-0.39, 0.29) is 18.2 Å². The van der Waals surface area contributed by atoms with Crippen molar-refractivity contribution in [3.63, 3.8) is 0 Å². The summed E-state index contributed by atoms with van der Waals surface area (Å²) in [5.41, 5.74) is 1.87. The average Bonchev–Trinajstić information content (AvgIpc) is 3.15. The van der Waals surface area contributed by atoms with Gasteiger partial charge in [0.05, 0.1) is 6.54 Å². The Hall–Kier alpha value is -1.82. The van der Waals surface area contributed by atoms with Crippen LogP contribution in [0.5, 0.6) is 0 Å². The maximum Gasteiger partial charge on any atom is 0.325 e. The predicted molar refractivity (Wildman–Crippen MR) is 94.4 cm³/mol. The van der Waals surface area contributed by atoms with E-state index in [1.54, 1.807) is 11.8 Å². The minimum absolute atomic E-state index is 0.173. The normalized spacial score (nSPS) is 23.2. The Morgan fingerprint density at radius 1 is 1.29 bits per heavy atom. The van der Waals surface area contributed by atoms with Crippen LogP contribution in [0.4, 0.5) is 4.79 Å². The van der Waals surface area contributed by atoms with Gasteiger partial charge in [0.1, 0.15) is 5.54 Å². The molecule has 3 amide bonds. The Morgan fingerprint density at radius 3 is 2.71 bits per heavy atom. The summed E-state index contributed by atoms with van der Waals surface area (Å²) >= 11 is 1.66. The van der Waals surface area contributed by atoms with E-state index < -0.39 is 11.6 Å². The van der Waals surface area contributed by atoms with Crippen LogP contribution in [0.3, 0.4) is 0 Å². The van der Waals surface area contributed by atoms with E-state index in [1.165, 1.54) is 0 Å². The molecule has 2 fully saturated rings. The van der Waals surface area contributed by atoms with Crippen LogP contribution in [0.15, 0.2) is 18.2 Å². The zero-order chi connectivity index (χ0) is 17.3. The predicted octanol–water partition coefficient (Wildman–Crippen LogP) is 2.42. The first-order valence-electron chi connectivity index (χ1n) is 8.37. The molecule has 1 atom stereocenters. The lowest BCUT2D eigenvalue weighted by molar-refractivity contribution is -0.130. The van der Waals surface area contributed by atoms with Crippen molar-refractivity contribution in [2.45, 2.75) is 38.6 Å². The number of rotatable bonds is 5. The third-order valence-electron chi connectivity index (χ3n) is 4.83. The standard InChI is InChI=1S/C18H22N2O3S/c1-3-12-5-6-13(4-2)14(9-12)15(21)10-20-16(22)18(19-17(20)23)7-8-24-11-18/h5-6,9H,3-4,7-8,10-11H2,1-2H3,(H,19,23)/t18-/m1/s1. The third-order valence-corrected chi connectivity index (χ3v) is 6.02. The second-order valence-corrected chi connectivity index (χ2v) is 7.43. The highest BCUT2D eigenvalue weighted by Gasteiger charge is 2.53. The summed E-state index contributed by atoms with van der Waals surface area (Å²) in [6.07, 6.45) is 2.22. The molecule has 0 saturated carbocycles. The van der Waals surface area contributed by atoms with Gasteiger partial charge in [-0.15, -0.1) is 0 Å². The molecule has 0 radical (unpaired) electrons. The van der Waals surface area contributed by atoms with Crippen molar-refractivity contribution < 1.29 is 14.4 Å². The number of hydrogen-bond donors (Lipinski definition) is 1. The SMILES string of the molecule is CCc1ccc(CC)c(C(=O)CN2C(=O)N[C@@]3(CCSC3)C2=O)c1. The monoisotopic (exact) mass is 346 g/mol. The van der Waals surface area contributed by atoms with Crippen LogP contribution in [0, 0.1) is 0 Å². The van der Waals surface area contributed by atoms with Crippen molar-refractivity contribution in [2.75, 3.05) is 18.1 Å². The van der Waals surface area contributed by atoms with Gasteiger partial charge in [-0.25, -0.2) is 4.79 Å². The number of nitrogens with zero attached hydrogens (tertiary/aromatic N) is 1. The fourth-order valence-corrected chi connectivity index (χ4v) is 4.62. The van der Waals surface area contributed by atoms with E-state index in [2.05, 4.69) is 5.32 Å². The number of urea groups is 1. The summed E-state index contributed by atoms with van der Waals surface area (Å²) in [6.45, 7) is 3.85. The van der Waals surface area contributed by atoms with Gasteiger partial charge in [-0.05, 0) is 42.2 Å². The molecule has 1 spiro atoms. The van der Waals surface area contributed by atoms with Crippen molar-refractivity contribution in [2.24, 2.45) is 0 Å². The Balaban J connectivity index is 1.82. The highest BCUT2D eigenvalue weighted by atomic mass is 32.2. The Bertz CT molecular complexity index is 696. The molecule has 5 nitrogen and oxygen atoms in total. The first-order valence-corrected chi connectivity index (χ1v) is 9.53. The van der Waals surface area contributed by atoms with Crippen LogP contribution < -0.4 is 5.32 Å². The lowest BCUT2D eigenvalue weighted by Gasteiger charge is -2.19. The van der Waals surface area contributed by atoms with Crippen molar-refractivity contribution in [1.29, 1.82) is 0 Å². The van der Waals surface area contributed by atoms with Crippen LogP contribution in [0.1, 0.15) is 41.8 Å². The Kier molecular flexibility index (Phi) is 4.67. The number of aryl methyl sites for hydroxylation is 2. The summed E-state index contributed by atoms with van der Waals surface area (Å²) in [5.74, 6) is 1.02. The molecular weight excluding hydrogens is 324 g/mol. The van der Waals surface area contributed by atoms with Gasteiger partial charge in [-0.2, -0.15) is 11.8 Å². The van der Waals surface area contributed by atoms with E-state index in [9.17, 15) is 14.4 Å². The number of ketones is 1. The van der Waals surface area contributed by atoms with Crippen molar-refractivity contribution >= 4 is 29.5 Å². The van der Waals surface area contributed by atoms with Crippen molar-refractivity contribution in [3.05, 3.63) is 34.9 Å². The van der Waals surface area contributed by atoms with E-state index in [0.29, 0.717) is 17.7 Å². The number of carbonyl (C=O) groups excluding carboxylic acids is 3. The second-order valence-electron chi connectivity index (χ2n) is 6.33. The van der Waals surface area contributed by atoms with Gasteiger partial charge >= 0.3 is 6.03 Å². The van der Waals surface area contributed by atoms with Gasteiger partial charge in [0.2, 0.25) is 0 Å². The van der Waals surface area contributed by atoms with Gasteiger partial charge in [-0.3, -0.25) is 14.5 Å². The Morgan fingerprint density at radius 2 is 2.08 bits per heavy atom. The van der Waals surface area contributed by atoms with Crippen LogP contribution >= 0.6 is 11.8 Å². The molecule has 2 aliphatic heterocycles. The molecule has 128 valence electrons. The maximum absolute atomic E-state index is 12.8. The highest BCUT2D eigenvalue weighted by molar-refractivity contribution is 7.99. The highest BCUT2D eigenvalue weighted by Crippen LogP contribution is 2.33. The van der Waals surface area contributed by atoms with Gasteiger partial charge < -0.3 is 5.32 Å². The number of carbonyl (C=O) groups is 3. The van der Waals surface area contributed by atoms with Gasteiger partial charge in [-0.1, -0.05) is 26.0 Å². The lowest BCUT2D eigenvalue weighted by atomic mass is 9.96. The molecule has 2 aliphatic rings. The van der Waals surface area contributed by atoms with E-state index in [0.717, 1.165) is 34.6 Å². The summed E-state index contributed by atoms with van der Waals surface area (Å²) in [7, 11) is 0. The summed E-state index contributed by atoms with van der Waals surface area (Å²) in [4.78, 5) is 38.7. The molecule has 24 heavy (non-hydrogen) atoms. The summed E-state index contributed by atoms with van der Waals surface area (Å²) < 4.78 is 0. The van der Waals surface area contributed by atoms with Crippen LogP contribution in [0.2, 0.25) is 0 Å². The maximum atomic E-state index is 12.8. The summed E-state index contributed by atoms with van der Waals surface area (Å²) in [6, 6.07) is 5.43. The number of Topliss-reactive ketones (excluding diaryl/α,β-unsaturated/α-hetero) is 1. The number of benzene rings is 1. The van der Waals surface area contributed by atoms with E-state index >= 15 is 0 Å². The molecule has 0 unspecified atom stereocenters. The largest absolute Gasteiger partial charge is 0.325 e. The first kappa shape index (κ1) is 17.0. The van der Waals surface area contributed by atoms with Crippen LogP contribution in [-0.2, 0) is 17.6 Å². The van der Waals surface area contributed by atoms with Crippen molar-refractivity contribution in [1.82, 2.24) is 10.2 Å². The van der Waals surface area contributed by atoms with Crippen molar-refractivity contribution in [3.8, 4) is 0 Å². The molecule has 0 aromatic heterocycles. The molecule has 0 bridgehead atoms. The number of hydrogen-bond acceptors (Lipinski definition) is 4. The molecular formula is C18H22N2O3S. The average molecular weight is 346 g/mol. The topological polar surface area (TPSA) is 66.5 Å². The lowest BCUT2D eigenvalue weighted by Crippen LogP contribution is -2.47. The molecule has 1 aromatic rings. The van der Waals surface area contributed by atoms with Gasteiger partial charge in [0, 0.05) is 11.3 Å². The number of thioether (sulfide) groups is 1. The fourth-order valence-electron chi connectivity index (χ4n) is 3.29. The molecule has 6 heteroatoms. The van der Waals surface area contributed by atoms with E-state index in [1.807, 2.05) is 32.0 Å². The quantitative estimate of drug-likeness (QED) is 0.657. The molecule has 3 rings (SSSR count). The first-order chi connectivity index (χ1) is 11.5. The number of imide groups is 1. The molecule has 1 N–H and O–H groups in total. The van der Waals surface area contributed by atoms with Gasteiger partial charge in [0.15, 0.2) is 5.78 Å². The fraction of sp³-hybridized carbons (Fsp3) is 0.500. The minimum Gasteiger partial charge on any atom is -0.322 e. The van der Waals surface area contributed by atoms with Crippen LogP contribution in [-0.4, -0.2) is 46.2 Å². The summed E-state index contributed by atoms with van der Waals surface area (Å²) in [5, 5.41) is 2.80. The van der Waals surface area contributed by atoms with Crippen LogP contribution in [0.25, 0.3) is 0 Å². The smallest absolute Gasteiger partial charge is 0.322 e. The number of nitrogens with one attached hydrogen (secondary N) is 1. The Labute approximate surface area is 146 Å². The molecule has 1 aromatic carbocycles. The number of amides is 3. The molecule has 2 heterocycles. The zero-order valence-corrected chi connectivity index (χ0v) is 14.9. The molecule has 0 aliphatic carbocycles. The molecule has 2 saturated heterocycles. The third kappa shape index (κ3) is 2.83. The second kappa shape index (κ2) is 6.59. The van der Waals surface area contributed by atoms with E-state index in [4.69, 9.17) is 0 Å².